The third-order valence-corrected chi connectivity index (χ3v) is 19.3. The van der Waals surface area contributed by atoms with E-state index >= 15 is 0 Å². The Labute approximate surface area is 568 Å². The van der Waals surface area contributed by atoms with Crippen LogP contribution in [0.3, 0.4) is 0 Å². The lowest BCUT2D eigenvalue weighted by atomic mass is 9.99. The molecule has 0 aromatic carbocycles. The van der Waals surface area contributed by atoms with Crippen LogP contribution in [0.1, 0.15) is 370 Å². The van der Waals surface area contributed by atoms with Crippen molar-refractivity contribution in [1.29, 1.82) is 0 Å². The zero-order valence-electron chi connectivity index (χ0n) is 60.9. The van der Waals surface area contributed by atoms with Gasteiger partial charge in [-0.3, -0.25) is 37.3 Å². The summed E-state index contributed by atoms with van der Waals surface area (Å²) in [6.45, 7) is 14.2. The Hall–Kier alpha value is -1.94. The standard InChI is InChI=1S/C74H144O17P2/c1-9-67(8)53-45-37-29-24-25-31-39-47-55-72(77)85-61-70(91-74(79)57-49-41-33-23-17-16-20-28-36-44-52-66(6)7)63-89-93(82,83)87-59-68(75)58-86-92(80,81)88-62-69(90-73(78)56-48-40-32-22-15-11-13-19-27-35-43-51-65(4)5)60-84-71(76)54-46-38-30-21-14-10-12-18-26-34-42-50-64(2)3/h64-70,75H,9-63H2,1-8H3,(H,80,81)(H,82,83)/t67?,68-,69-,70-/m1/s1. The van der Waals surface area contributed by atoms with E-state index in [9.17, 15) is 43.2 Å². The molecule has 0 amide bonds. The van der Waals surface area contributed by atoms with E-state index in [1.54, 1.807) is 0 Å². The number of unbranched alkanes of at least 4 members (excludes halogenated alkanes) is 36. The molecule has 0 aliphatic carbocycles. The Bertz CT molecular complexity index is 1840. The highest BCUT2D eigenvalue weighted by molar-refractivity contribution is 7.47. The maximum absolute atomic E-state index is 13.1. The van der Waals surface area contributed by atoms with Crippen molar-refractivity contribution >= 4 is 39.5 Å². The van der Waals surface area contributed by atoms with Crippen LogP contribution < -0.4 is 0 Å². The topological polar surface area (TPSA) is 237 Å². The SMILES string of the molecule is CCC(C)CCCCCCCCCCC(=O)OC[C@H](COP(=O)(O)OC[C@H](O)COP(=O)(O)OC[C@@H](COC(=O)CCCCCCCCCCCCCC(C)C)OC(=O)CCCCCCCCCCCCCC(C)C)OC(=O)CCCCCCCCCCCCC(C)C. The highest BCUT2D eigenvalue weighted by Crippen LogP contribution is 2.45. The van der Waals surface area contributed by atoms with Gasteiger partial charge in [0, 0.05) is 25.7 Å². The molecule has 0 aromatic rings. The fourth-order valence-electron chi connectivity index (χ4n) is 11.2. The quantitative estimate of drug-likeness (QED) is 0.0222. The molecule has 0 aromatic heterocycles. The smallest absolute Gasteiger partial charge is 0.462 e. The number of aliphatic hydroxyl groups is 1. The first kappa shape index (κ1) is 91.1. The minimum Gasteiger partial charge on any atom is -0.462 e. The second-order valence-electron chi connectivity index (χ2n) is 28.4. The molecule has 0 spiro atoms. The monoisotopic (exact) mass is 1370 g/mol. The molecule has 6 atom stereocenters. The van der Waals surface area contributed by atoms with Crippen molar-refractivity contribution in [1.82, 2.24) is 0 Å². The fourth-order valence-corrected chi connectivity index (χ4v) is 12.7. The highest BCUT2D eigenvalue weighted by Gasteiger charge is 2.30. The zero-order chi connectivity index (χ0) is 68.9. The molecule has 0 saturated heterocycles. The van der Waals surface area contributed by atoms with Crippen LogP contribution in [0.2, 0.25) is 0 Å². The Kier molecular flexibility index (Phi) is 62.2. The van der Waals surface area contributed by atoms with Gasteiger partial charge in [0.1, 0.15) is 19.3 Å². The number of ether oxygens (including phenoxy) is 4. The van der Waals surface area contributed by atoms with Gasteiger partial charge in [-0.1, -0.05) is 319 Å². The highest BCUT2D eigenvalue weighted by atomic mass is 31.2. The summed E-state index contributed by atoms with van der Waals surface area (Å²) >= 11 is 0. The lowest BCUT2D eigenvalue weighted by molar-refractivity contribution is -0.161. The van der Waals surface area contributed by atoms with Gasteiger partial charge in [0.25, 0.3) is 0 Å². The summed E-state index contributed by atoms with van der Waals surface area (Å²) in [5, 5.41) is 10.6. The second-order valence-corrected chi connectivity index (χ2v) is 31.3. The number of phosphoric acid groups is 2. The summed E-state index contributed by atoms with van der Waals surface area (Å²) in [7, 11) is -9.91. The molecule has 3 unspecified atom stereocenters. The number of hydrogen-bond acceptors (Lipinski definition) is 15. The van der Waals surface area contributed by atoms with E-state index in [1.807, 2.05) is 0 Å². The van der Waals surface area contributed by atoms with Crippen LogP contribution in [0.15, 0.2) is 0 Å². The van der Waals surface area contributed by atoms with E-state index in [0.29, 0.717) is 25.7 Å². The van der Waals surface area contributed by atoms with E-state index in [-0.39, 0.29) is 25.7 Å². The maximum atomic E-state index is 13.1. The van der Waals surface area contributed by atoms with Crippen LogP contribution in [0.5, 0.6) is 0 Å². The summed E-state index contributed by atoms with van der Waals surface area (Å²) in [6.07, 6.45) is 47.0. The summed E-state index contributed by atoms with van der Waals surface area (Å²) in [5.74, 6) is 0.943. The fraction of sp³-hybridized carbons (Fsp3) is 0.946. The Balaban J connectivity index is 5.28. The Morgan fingerprint density at radius 2 is 0.516 bits per heavy atom. The van der Waals surface area contributed by atoms with Crippen LogP contribution >= 0.6 is 15.6 Å². The molecule has 0 radical (unpaired) electrons. The molecule has 0 bridgehead atoms. The van der Waals surface area contributed by atoms with Crippen LogP contribution in [-0.2, 0) is 65.4 Å². The molecular weight excluding hydrogens is 1220 g/mol. The lowest BCUT2D eigenvalue weighted by Gasteiger charge is -2.21. The predicted molar refractivity (Wildman–Crippen MR) is 377 cm³/mol. The Morgan fingerprint density at radius 3 is 0.763 bits per heavy atom. The third kappa shape index (κ3) is 67.0. The van der Waals surface area contributed by atoms with Crippen LogP contribution in [-0.4, -0.2) is 96.7 Å². The third-order valence-electron chi connectivity index (χ3n) is 17.4. The van der Waals surface area contributed by atoms with E-state index < -0.39 is 97.5 Å². The molecule has 0 aliphatic rings. The molecule has 17 nitrogen and oxygen atoms in total. The van der Waals surface area contributed by atoms with Gasteiger partial charge in [0.15, 0.2) is 12.2 Å². The van der Waals surface area contributed by atoms with E-state index in [0.717, 1.165) is 114 Å². The maximum Gasteiger partial charge on any atom is 0.472 e. The van der Waals surface area contributed by atoms with Gasteiger partial charge in [-0.05, 0) is 49.4 Å². The molecule has 19 heteroatoms. The van der Waals surface area contributed by atoms with Gasteiger partial charge in [-0.2, -0.15) is 0 Å². The predicted octanol–water partition coefficient (Wildman–Crippen LogP) is 21.3. The van der Waals surface area contributed by atoms with Crippen molar-refractivity contribution in [2.24, 2.45) is 23.7 Å². The van der Waals surface area contributed by atoms with E-state index in [4.69, 9.17) is 37.0 Å². The minimum atomic E-state index is -4.96. The number of aliphatic hydroxyl groups excluding tert-OH is 1. The van der Waals surface area contributed by atoms with E-state index in [1.165, 1.54) is 173 Å². The van der Waals surface area contributed by atoms with Gasteiger partial charge in [-0.25, -0.2) is 9.13 Å². The van der Waals surface area contributed by atoms with Gasteiger partial charge in [-0.15, -0.1) is 0 Å². The van der Waals surface area contributed by atoms with E-state index in [2.05, 4.69) is 55.4 Å². The van der Waals surface area contributed by atoms with Crippen molar-refractivity contribution in [3.63, 3.8) is 0 Å². The second kappa shape index (κ2) is 63.5. The molecular formula is C74H144O17P2. The Morgan fingerprint density at radius 1 is 0.301 bits per heavy atom. The lowest BCUT2D eigenvalue weighted by Crippen LogP contribution is -2.30. The van der Waals surface area contributed by atoms with Crippen molar-refractivity contribution < 1.29 is 80.2 Å². The normalized spacial score (nSPS) is 14.5. The molecule has 3 N–H and O–H groups in total. The summed E-state index contributed by atoms with van der Waals surface area (Å²) in [4.78, 5) is 72.8. The van der Waals surface area contributed by atoms with Crippen LogP contribution in [0.4, 0.5) is 0 Å². The minimum absolute atomic E-state index is 0.105. The molecule has 0 heterocycles. The number of hydrogen-bond donors (Lipinski definition) is 3. The molecule has 0 fully saturated rings. The molecule has 93 heavy (non-hydrogen) atoms. The summed E-state index contributed by atoms with van der Waals surface area (Å²) in [6, 6.07) is 0. The van der Waals surface area contributed by atoms with Crippen molar-refractivity contribution in [3.8, 4) is 0 Å². The summed E-state index contributed by atoms with van der Waals surface area (Å²) in [5.41, 5.74) is 0. The van der Waals surface area contributed by atoms with Gasteiger partial charge >= 0.3 is 39.5 Å². The largest absolute Gasteiger partial charge is 0.472 e. The number of esters is 4. The van der Waals surface area contributed by atoms with Crippen LogP contribution in [0, 0.1) is 23.7 Å². The molecule has 0 aliphatic heterocycles. The van der Waals surface area contributed by atoms with Gasteiger partial charge in [0.05, 0.1) is 26.4 Å². The number of carbonyl (C=O) groups excluding carboxylic acids is 4. The van der Waals surface area contributed by atoms with Crippen molar-refractivity contribution in [2.45, 2.75) is 388 Å². The molecule has 552 valence electrons. The average molecular weight is 1370 g/mol. The van der Waals surface area contributed by atoms with Gasteiger partial charge < -0.3 is 33.8 Å². The first-order valence-corrected chi connectivity index (χ1v) is 41.2. The zero-order valence-corrected chi connectivity index (χ0v) is 62.7. The van der Waals surface area contributed by atoms with Crippen molar-refractivity contribution in [2.75, 3.05) is 39.6 Å². The van der Waals surface area contributed by atoms with Crippen LogP contribution in [0.25, 0.3) is 0 Å². The first-order chi connectivity index (χ1) is 44.6. The average Bonchev–Trinajstić information content (AvgIpc) is 2.32. The molecule has 0 saturated carbocycles. The summed E-state index contributed by atoms with van der Waals surface area (Å²) < 4.78 is 68.5. The number of phosphoric ester groups is 2. The first-order valence-electron chi connectivity index (χ1n) is 38.2. The van der Waals surface area contributed by atoms with Gasteiger partial charge in [0.2, 0.25) is 0 Å². The molecule has 0 rings (SSSR count). The number of carbonyl (C=O) groups is 4. The van der Waals surface area contributed by atoms with Crippen molar-refractivity contribution in [3.05, 3.63) is 0 Å². The number of rotatable bonds is 71.